The van der Waals surface area contributed by atoms with Crippen molar-refractivity contribution in [1.29, 1.82) is 5.26 Å². The van der Waals surface area contributed by atoms with Gasteiger partial charge in [-0.05, 0) is 48.9 Å². The molecule has 0 aliphatic carbocycles. The number of nitriles is 1. The van der Waals surface area contributed by atoms with Crippen molar-refractivity contribution >= 4 is 11.9 Å². The minimum atomic E-state index is -4.43. The number of carbonyl (C=O) groups excluding carboxylic acids is 1. The molecule has 1 aliphatic rings. The quantitative estimate of drug-likeness (QED) is 0.484. The Morgan fingerprint density at radius 3 is 2.47 bits per heavy atom. The Kier molecular flexibility index (Phi) is 7.54. The number of nitrogens with zero attached hydrogens (tertiary/aromatic N) is 4. The van der Waals surface area contributed by atoms with Crippen molar-refractivity contribution in [2.24, 2.45) is 0 Å². The number of fused-ring (bicyclic) bond motifs is 1. The second kappa shape index (κ2) is 10.8. The third kappa shape index (κ3) is 5.55. The number of hydrogen-bond donors (Lipinski definition) is 1. The van der Waals surface area contributed by atoms with Crippen LogP contribution in [0.25, 0.3) is 0 Å². The molecule has 10 heteroatoms. The molecular weight excluding hydrogens is 495 g/mol. The molecule has 1 N–H and O–H groups in total. The predicted molar refractivity (Wildman–Crippen MR) is 135 cm³/mol. The van der Waals surface area contributed by atoms with Crippen LogP contribution in [0.1, 0.15) is 57.7 Å². The minimum absolute atomic E-state index is 0.0742. The normalized spacial score (nSPS) is 13.7. The van der Waals surface area contributed by atoms with E-state index in [-0.39, 0.29) is 36.9 Å². The Hall–Kier alpha value is -4.57. The molecule has 7 nitrogen and oxygen atoms in total. The van der Waals surface area contributed by atoms with Crippen molar-refractivity contribution in [3.63, 3.8) is 0 Å². The SMILES string of the molecule is C#CCCn1c(N[C@@H](C)c2ccc(C(F)(F)F)cc2)nc2c(c1=O)CN(C(=O)c1ccc(C#N)cc1)CC2. The zero-order valence-electron chi connectivity index (χ0n) is 20.5. The fourth-order valence-electron chi connectivity index (χ4n) is 4.29. The van der Waals surface area contributed by atoms with Crippen molar-refractivity contribution in [2.45, 2.75) is 45.1 Å². The highest BCUT2D eigenvalue weighted by Crippen LogP contribution is 2.30. The maximum absolute atomic E-state index is 13.5. The Balaban J connectivity index is 1.61. The number of terminal acetylenes is 1. The van der Waals surface area contributed by atoms with Crippen LogP contribution in [-0.2, 0) is 25.7 Å². The molecule has 2 heterocycles. The van der Waals surface area contributed by atoms with Crippen LogP contribution in [-0.4, -0.2) is 26.9 Å². The smallest absolute Gasteiger partial charge is 0.349 e. The van der Waals surface area contributed by atoms with E-state index in [0.717, 1.165) is 12.1 Å². The number of benzene rings is 2. The van der Waals surface area contributed by atoms with Gasteiger partial charge < -0.3 is 10.2 Å². The molecule has 3 aromatic rings. The first-order valence-electron chi connectivity index (χ1n) is 11.9. The monoisotopic (exact) mass is 519 g/mol. The number of alkyl halides is 3. The Morgan fingerprint density at radius 2 is 1.87 bits per heavy atom. The maximum Gasteiger partial charge on any atom is 0.416 e. The summed E-state index contributed by atoms with van der Waals surface area (Å²) >= 11 is 0. The van der Waals surface area contributed by atoms with Gasteiger partial charge in [-0.2, -0.15) is 18.4 Å². The van der Waals surface area contributed by atoms with Crippen LogP contribution >= 0.6 is 0 Å². The first-order valence-corrected chi connectivity index (χ1v) is 11.9. The van der Waals surface area contributed by atoms with Crippen molar-refractivity contribution < 1.29 is 18.0 Å². The second-order valence-corrected chi connectivity index (χ2v) is 8.92. The van der Waals surface area contributed by atoms with Gasteiger partial charge in [0, 0.05) is 31.5 Å². The molecule has 38 heavy (non-hydrogen) atoms. The van der Waals surface area contributed by atoms with Gasteiger partial charge in [-0.1, -0.05) is 12.1 Å². The number of carbonyl (C=O) groups is 1. The number of aromatic nitrogens is 2. The Bertz CT molecular complexity index is 1480. The van der Waals surface area contributed by atoms with E-state index in [9.17, 15) is 22.8 Å². The van der Waals surface area contributed by atoms with E-state index in [2.05, 4.69) is 16.2 Å². The summed E-state index contributed by atoms with van der Waals surface area (Å²) in [6.45, 7) is 2.37. The van der Waals surface area contributed by atoms with Gasteiger partial charge >= 0.3 is 6.18 Å². The lowest BCUT2D eigenvalue weighted by Gasteiger charge is -2.29. The van der Waals surface area contributed by atoms with Gasteiger partial charge in [-0.15, -0.1) is 12.3 Å². The van der Waals surface area contributed by atoms with Gasteiger partial charge in [-0.3, -0.25) is 14.2 Å². The van der Waals surface area contributed by atoms with E-state index in [1.807, 2.05) is 6.07 Å². The van der Waals surface area contributed by atoms with Gasteiger partial charge in [0.2, 0.25) is 5.95 Å². The molecule has 0 saturated carbocycles. The standard InChI is InChI=1S/C28H24F3N5O2/c1-3-4-14-36-26(38)23-17-35(25(37)21-7-5-19(16-32)6-8-21)15-13-24(23)34-27(36)33-18(2)20-9-11-22(12-10-20)28(29,30)31/h1,5-12,18H,4,13-15,17H2,2H3,(H,33,34)/t18-/m0/s1. The summed E-state index contributed by atoms with van der Waals surface area (Å²) in [6.07, 6.45) is 1.62. The van der Waals surface area contributed by atoms with E-state index in [0.29, 0.717) is 40.9 Å². The highest BCUT2D eigenvalue weighted by Gasteiger charge is 2.30. The fraction of sp³-hybridized carbons (Fsp3) is 0.286. The van der Waals surface area contributed by atoms with E-state index < -0.39 is 17.8 Å². The summed E-state index contributed by atoms with van der Waals surface area (Å²) in [5.74, 6) is 2.51. The summed E-state index contributed by atoms with van der Waals surface area (Å²) in [6, 6.07) is 12.6. The Morgan fingerprint density at radius 1 is 1.18 bits per heavy atom. The summed E-state index contributed by atoms with van der Waals surface area (Å²) in [5.41, 5.74) is 1.32. The van der Waals surface area contributed by atoms with E-state index >= 15 is 0 Å². The molecule has 0 unspecified atom stereocenters. The van der Waals surface area contributed by atoms with Crippen LogP contribution in [0.5, 0.6) is 0 Å². The number of rotatable bonds is 6. The summed E-state index contributed by atoms with van der Waals surface area (Å²) < 4.78 is 40.2. The largest absolute Gasteiger partial charge is 0.416 e. The minimum Gasteiger partial charge on any atom is -0.349 e. The van der Waals surface area contributed by atoms with Gasteiger partial charge in [0.15, 0.2) is 0 Å². The first-order chi connectivity index (χ1) is 18.1. The molecule has 1 amide bonds. The lowest BCUT2D eigenvalue weighted by Crippen LogP contribution is -2.41. The van der Waals surface area contributed by atoms with E-state index in [4.69, 9.17) is 11.7 Å². The zero-order chi connectivity index (χ0) is 27.4. The lowest BCUT2D eigenvalue weighted by molar-refractivity contribution is -0.137. The summed E-state index contributed by atoms with van der Waals surface area (Å²) in [4.78, 5) is 32.8. The molecule has 1 atom stereocenters. The number of anilines is 1. The van der Waals surface area contributed by atoms with Gasteiger partial charge in [0.25, 0.3) is 11.5 Å². The van der Waals surface area contributed by atoms with Crippen molar-refractivity contribution in [1.82, 2.24) is 14.5 Å². The fourth-order valence-corrected chi connectivity index (χ4v) is 4.29. The van der Waals surface area contributed by atoms with Crippen molar-refractivity contribution in [3.8, 4) is 18.4 Å². The van der Waals surface area contributed by atoms with Gasteiger partial charge in [-0.25, -0.2) is 4.98 Å². The molecule has 0 saturated heterocycles. The third-order valence-electron chi connectivity index (χ3n) is 6.43. The van der Waals surface area contributed by atoms with E-state index in [1.54, 1.807) is 36.1 Å². The van der Waals surface area contributed by atoms with Crippen LogP contribution in [0.2, 0.25) is 0 Å². The zero-order valence-corrected chi connectivity index (χ0v) is 20.5. The maximum atomic E-state index is 13.5. The molecule has 0 spiro atoms. The van der Waals surface area contributed by atoms with Crippen LogP contribution in [0.15, 0.2) is 53.3 Å². The highest BCUT2D eigenvalue weighted by atomic mass is 19.4. The molecular formula is C28H24F3N5O2. The molecule has 4 rings (SSSR count). The molecule has 1 aromatic heterocycles. The molecule has 194 valence electrons. The van der Waals surface area contributed by atoms with Gasteiger partial charge in [0.1, 0.15) is 0 Å². The number of amides is 1. The second-order valence-electron chi connectivity index (χ2n) is 8.92. The summed E-state index contributed by atoms with van der Waals surface area (Å²) in [7, 11) is 0. The van der Waals surface area contributed by atoms with Crippen LogP contribution < -0.4 is 10.9 Å². The third-order valence-corrected chi connectivity index (χ3v) is 6.43. The van der Waals surface area contributed by atoms with Crippen molar-refractivity contribution in [3.05, 3.63) is 92.4 Å². The van der Waals surface area contributed by atoms with Crippen LogP contribution in [0.3, 0.4) is 0 Å². The topological polar surface area (TPSA) is 91.0 Å². The molecule has 1 aliphatic heterocycles. The van der Waals surface area contributed by atoms with E-state index in [1.165, 1.54) is 16.7 Å². The molecule has 0 fully saturated rings. The number of nitrogens with one attached hydrogen (secondary N) is 1. The number of hydrogen-bond acceptors (Lipinski definition) is 5. The average molecular weight is 520 g/mol. The van der Waals surface area contributed by atoms with Gasteiger partial charge in [0.05, 0.1) is 41.0 Å². The highest BCUT2D eigenvalue weighted by molar-refractivity contribution is 5.94. The molecule has 0 radical (unpaired) electrons. The van der Waals surface area contributed by atoms with Crippen LogP contribution in [0.4, 0.5) is 19.1 Å². The van der Waals surface area contributed by atoms with Crippen LogP contribution in [0, 0.1) is 23.7 Å². The first kappa shape index (κ1) is 26.5. The van der Waals surface area contributed by atoms with Crippen molar-refractivity contribution in [2.75, 3.05) is 11.9 Å². The number of halogens is 3. The molecule has 0 bridgehead atoms. The summed E-state index contributed by atoms with van der Waals surface area (Å²) in [5, 5.41) is 12.1. The predicted octanol–water partition coefficient (Wildman–Crippen LogP) is 4.53. The average Bonchev–Trinajstić information content (AvgIpc) is 2.92. The Labute approximate surface area is 217 Å². The molecule has 2 aromatic carbocycles. The lowest BCUT2D eigenvalue weighted by atomic mass is 10.0.